The number of carbonyl (C=O) groups is 1. The summed E-state index contributed by atoms with van der Waals surface area (Å²) < 4.78 is 40.5. The Kier molecular flexibility index (Phi) is 6.08. The number of nitrogens with zero attached hydrogens (tertiary/aromatic N) is 1. The van der Waals surface area contributed by atoms with Crippen LogP contribution in [0.15, 0.2) is 60.7 Å². The van der Waals surface area contributed by atoms with Crippen LogP contribution in [0.3, 0.4) is 0 Å². The Balaban J connectivity index is 2.40. The number of halogens is 3. The molecule has 2 atom stereocenters. The van der Waals surface area contributed by atoms with Crippen LogP contribution < -0.4 is 10.6 Å². The van der Waals surface area contributed by atoms with E-state index in [-0.39, 0.29) is 13.0 Å². The van der Waals surface area contributed by atoms with Crippen LogP contribution in [-0.4, -0.2) is 17.6 Å². The second-order valence-corrected chi connectivity index (χ2v) is 6.36. The first-order valence-corrected chi connectivity index (χ1v) is 8.46. The lowest BCUT2D eigenvalue weighted by atomic mass is 9.81. The number of para-hydroxylation sites is 1. The Labute approximate surface area is 151 Å². The van der Waals surface area contributed by atoms with Crippen molar-refractivity contribution in [1.82, 2.24) is 0 Å². The number of amides is 1. The van der Waals surface area contributed by atoms with Crippen molar-refractivity contribution in [2.24, 2.45) is 11.7 Å². The minimum absolute atomic E-state index is 0.172. The fourth-order valence-electron chi connectivity index (χ4n) is 2.88. The molecule has 0 saturated heterocycles. The van der Waals surface area contributed by atoms with Crippen LogP contribution >= 0.6 is 0 Å². The minimum atomic E-state index is -4.67. The second-order valence-electron chi connectivity index (χ2n) is 6.36. The van der Waals surface area contributed by atoms with Crippen LogP contribution in [0.1, 0.15) is 25.8 Å². The van der Waals surface area contributed by atoms with Gasteiger partial charge in [-0.2, -0.15) is 13.2 Å². The lowest BCUT2D eigenvalue weighted by Gasteiger charge is -2.38. The van der Waals surface area contributed by atoms with Gasteiger partial charge in [-0.05, 0) is 24.1 Å². The molecule has 0 heterocycles. The highest BCUT2D eigenvalue weighted by Crippen LogP contribution is 2.38. The quantitative estimate of drug-likeness (QED) is 0.819. The van der Waals surface area contributed by atoms with Gasteiger partial charge in [0, 0.05) is 5.69 Å². The number of nitrogens with two attached hydrogens (primary N) is 1. The van der Waals surface area contributed by atoms with Gasteiger partial charge < -0.3 is 10.6 Å². The normalized spacial score (nSPS) is 15.2. The van der Waals surface area contributed by atoms with E-state index in [0.29, 0.717) is 5.69 Å². The molecule has 0 aromatic heterocycles. The number of anilines is 1. The first kappa shape index (κ1) is 20.0. The van der Waals surface area contributed by atoms with Gasteiger partial charge in [-0.3, -0.25) is 4.79 Å². The van der Waals surface area contributed by atoms with E-state index in [1.165, 1.54) is 18.7 Å². The Bertz CT molecular complexity index is 719. The standard InChI is InChI=1S/C20H23F3N2O/c1-3-19(24,20(21,22)23)15(2)18(26)25(17-12-8-5-9-13-17)14-16-10-6-4-7-11-16/h4-13,15H,3,14,24H2,1-2H3/t15-,19-/m0/s1. The van der Waals surface area contributed by atoms with E-state index in [1.54, 1.807) is 30.3 Å². The highest BCUT2D eigenvalue weighted by molar-refractivity contribution is 5.95. The van der Waals surface area contributed by atoms with Gasteiger partial charge in [0.1, 0.15) is 5.54 Å². The monoisotopic (exact) mass is 364 g/mol. The van der Waals surface area contributed by atoms with Gasteiger partial charge in [-0.15, -0.1) is 0 Å². The van der Waals surface area contributed by atoms with Gasteiger partial charge in [-0.1, -0.05) is 62.4 Å². The summed E-state index contributed by atoms with van der Waals surface area (Å²) in [6.45, 7) is 2.77. The van der Waals surface area contributed by atoms with Gasteiger partial charge in [0.25, 0.3) is 0 Å². The van der Waals surface area contributed by atoms with E-state index >= 15 is 0 Å². The smallest absolute Gasteiger partial charge is 0.317 e. The van der Waals surface area contributed by atoms with Crippen molar-refractivity contribution in [3.05, 3.63) is 66.2 Å². The van der Waals surface area contributed by atoms with Crippen molar-refractivity contribution in [2.45, 2.75) is 38.5 Å². The number of carbonyl (C=O) groups excluding carboxylic acids is 1. The van der Waals surface area contributed by atoms with E-state index in [0.717, 1.165) is 5.56 Å². The van der Waals surface area contributed by atoms with Crippen molar-refractivity contribution in [3.63, 3.8) is 0 Å². The summed E-state index contributed by atoms with van der Waals surface area (Å²) in [6, 6.07) is 17.8. The molecule has 2 rings (SSSR count). The zero-order valence-corrected chi connectivity index (χ0v) is 14.8. The number of hydrogen-bond donors (Lipinski definition) is 1. The molecule has 1 amide bonds. The first-order chi connectivity index (χ1) is 12.2. The summed E-state index contributed by atoms with van der Waals surface area (Å²) >= 11 is 0. The molecule has 0 bridgehead atoms. The van der Waals surface area contributed by atoms with Crippen molar-refractivity contribution >= 4 is 11.6 Å². The maximum Gasteiger partial charge on any atom is 0.407 e. The summed E-state index contributed by atoms with van der Waals surface area (Å²) in [5.41, 5.74) is 4.44. The molecule has 0 spiro atoms. The Morgan fingerprint density at radius 1 is 1.04 bits per heavy atom. The molecule has 0 saturated carbocycles. The molecule has 26 heavy (non-hydrogen) atoms. The van der Waals surface area contributed by atoms with Crippen LogP contribution in [0, 0.1) is 5.92 Å². The Morgan fingerprint density at radius 3 is 2.00 bits per heavy atom. The summed E-state index contributed by atoms with van der Waals surface area (Å²) in [6.07, 6.45) is -5.05. The highest BCUT2D eigenvalue weighted by Gasteiger charge is 2.56. The first-order valence-electron chi connectivity index (χ1n) is 8.46. The van der Waals surface area contributed by atoms with Crippen LogP contribution in [0.4, 0.5) is 18.9 Å². The third-order valence-electron chi connectivity index (χ3n) is 4.77. The highest BCUT2D eigenvalue weighted by atomic mass is 19.4. The molecule has 3 nitrogen and oxygen atoms in total. The molecule has 140 valence electrons. The maximum atomic E-state index is 13.5. The molecule has 6 heteroatoms. The lowest BCUT2D eigenvalue weighted by molar-refractivity contribution is -0.201. The third kappa shape index (κ3) is 4.07. The molecule has 0 aliphatic rings. The Morgan fingerprint density at radius 2 is 1.54 bits per heavy atom. The molecule has 2 aromatic rings. The molecular weight excluding hydrogens is 341 g/mol. The fourth-order valence-corrected chi connectivity index (χ4v) is 2.88. The summed E-state index contributed by atoms with van der Waals surface area (Å²) in [4.78, 5) is 14.4. The molecular formula is C20H23F3N2O. The molecule has 0 aliphatic carbocycles. The van der Waals surface area contributed by atoms with Gasteiger partial charge in [-0.25, -0.2) is 0 Å². The van der Waals surface area contributed by atoms with Crippen molar-refractivity contribution in [3.8, 4) is 0 Å². The van der Waals surface area contributed by atoms with Gasteiger partial charge in [0.2, 0.25) is 5.91 Å². The second kappa shape index (κ2) is 7.91. The zero-order chi connectivity index (χ0) is 19.4. The number of alkyl halides is 3. The molecule has 0 fully saturated rings. The van der Waals surface area contributed by atoms with Crippen LogP contribution in [0.5, 0.6) is 0 Å². The van der Waals surface area contributed by atoms with Gasteiger partial charge in [0.15, 0.2) is 0 Å². The van der Waals surface area contributed by atoms with Crippen molar-refractivity contribution in [2.75, 3.05) is 4.90 Å². The number of hydrogen-bond acceptors (Lipinski definition) is 2. The van der Waals surface area contributed by atoms with E-state index in [2.05, 4.69) is 0 Å². The topological polar surface area (TPSA) is 46.3 Å². The van der Waals surface area contributed by atoms with Crippen LogP contribution in [-0.2, 0) is 11.3 Å². The summed E-state index contributed by atoms with van der Waals surface area (Å²) in [5, 5.41) is 0. The van der Waals surface area contributed by atoms with Gasteiger partial charge in [0.05, 0.1) is 12.5 Å². The number of benzene rings is 2. The molecule has 2 N–H and O–H groups in total. The summed E-state index contributed by atoms with van der Waals surface area (Å²) in [7, 11) is 0. The predicted molar refractivity (Wildman–Crippen MR) is 96.5 cm³/mol. The third-order valence-corrected chi connectivity index (χ3v) is 4.77. The SMILES string of the molecule is CC[C@](N)([C@@H](C)C(=O)N(Cc1ccccc1)c1ccccc1)C(F)(F)F. The molecule has 2 aromatic carbocycles. The van der Waals surface area contributed by atoms with Crippen molar-refractivity contribution in [1.29, 1.82) is 0 Å². The Hall–Kier alpha value is -2.34. The van der Waals surface area contributed by atoms with Crippen LogP contribution in [0.25, 0.3) is 0 Å². The molecule has 0 unspecified atom stereocenters. The van der Waals surface area contributed by atoms with Gasteiger partial charge >= 0.3 is 6.18 Å². The van der Waals surface area contributed by atoms with E-state index < -0.39 is 23.5 Å². The van der Waals surface area contributed by atoms with Crippen LogP contribution in [0.2, 0.25) is 0 Å². The van der Waals surface area contributed by atoms with Crippen molar-refractivity contribution < 1.29 is 18.0 Å². The van der Waals surface area contributed by atoms with E-state index in [9.17, 15) is 18.0 Å². The predicted octanol–water partition coefficient (Wildman–Crippen LogP) is 4.53. The van der Waals surface area contributed by atoms with E-state index in [1.807, 2.05) is 30.3 Å². The largest absolute Gasteiger partial charge is 0.407 e. The minimum Gasteiger partial charge on any atom is -0.317 e. The summed E-state index contributed by atoms with van der Waals surface area (Å²) in [5.74, 6) is -2.07. The van der Waals surface area contributed by atoms with E-state index in [4.69, 9.17) is 5.73 Å². The molecule has 0 aliphatic heterocycles. The number of rotatable bonds is 6. The fraction of sp³-hybridized carbons (Fsp3) is 0.350. The average molecular weight is 364 g/mol. The average Bonchev–Trinajstić information content (AvgIpc) is 2.65. The zero-order valence-electron chi connectivity index (χ0n) is 14.8. The lowest BCUT2D eigenvalue weighted by Crippen LogP contribution is -2.61. The molecule has 0 radical (unpaired) electrons. The maximum absolute atomic E-state index is 13.5.